The maximum absolute atomic E-state index is 4.42. The molecule has 0 bridgehead atoms. The summed E-state index contributed by atoms with van der Waals surface area (Å²) < 4.78 is 0.969. The molecule has 2 heterocycles. The molecule has 1 N–H and O–H groups in total. The minimum absolute atomic E-state index is 0.859. The van der Waals surface area contributed by atoms with E-state index in [1.165, 1.54) is 6.42 Å². The van der Waals surface area contributed by atoms with E-state index in [0.717, 1.165) is 48.8 Å². The molecule has 0 radical (unpaired) electrons. The molecule has 2 rings (SSSR count). The van der Waals surface area contributed by atoms with Gasteiger partial charge in [0, 0.05) is 26.2 Å². The zero-order valence-electron chi connectivity index (χ0n) is 11.0. The van der Waals surface area contributed by atoms with Crippen molar-refractivity contribution in [3.8, 4) is 0 Å². The molecule has 1 aromatic rings. The molecule has 18 heavy (non-hydrogen) atoms. The molecule has 6 heteroatoms. The molecule has 1 fully saturated rings. The van der Waals surface area contributed by atoms with Crippen LogP contribution in [0, 0.1) is 0 Å². The summed E-state index contributed by atoms with van der Waals surface area (Å²) in [6.07, 6.45) is 2.80. The third-order valence-electron chi connectivity index (χ3n) is 3.13. The Morgan fingerprint density at radius 1 is 1.28 bits per heavy atom. The van der Waals surface area contributed by atoms with Gasteiger partial charge in [0.1, 0.15) is 22.4 Å². The fourth-order valence-electron chi connectivity index (χ4n) is 2.13. The Balaban J connectivity index is 2.19. The van der Waals surface area contributed by atoms with Gasteiger partial charge in [-0.1, -0.05) is 0 Å². The topological polar surface area (TPSA) is 44.3 Å². The van der Waals surface area contributed by atoms with Gasteiger partial charge in [-0.3, -0.25) is 0 Å². The summed E-state index contributed by atoms with van der Waals surface area (Å²) in [5.41, 5.74) is 0. The van der Waals surface area contributed by atoms with Crippen molar-refractivity contribution >= 4 is 27.6 Å². The molecular weight excluding hydrogens is 294 g/mol. The first-order valence-electron chi connectivity index (χ1n) is 6.40. The van der Waals surface area contributed by atoms with Crippen LogP contribution in [0.3, 0.4) is 0 Å². The van der Waals surface area contributed by atoms with E-state index in [1.807, 2.05) is 0 Å². The highest BCUT2D eigenvalue weighted by molar-refractivity contribution is 9.10. The van der Waals surface area contributed by atoms with Crippen LogP contribution >= 0.6 is 15.9 Å². The van der Waals surface area contributed by atoms with Gasteiger partial charge < -0.3 is 15.1 Å². The number of hydrogen-bond acceptors (Lipinski definition) is 5. The molecule has 0 unspecified atom stereocenters. The van der Waals surface area contributed by atoms with Crippen LogP contribution in [0.25, 0.3) is 0 Å². The maximum atomic E-state index is 4.42. The molecule has 1 aliphatic rings. The molecule has 0 atom stereocenters. The lowest BCUT2D eigenvalue weighted by Crippen LogP contribution is -2.29. The summed E-state index contributed by atoms with van der Waals surface area (Å²) in [5.74, 6) is 1.87. The van der Waals surface area contributed by atoms with Crippen molar-refractivity contribution < 1.29 is 0 Å². The summed E-state index contributed by atoms with van der Waals surface area (Å²) in [6.45, 7) is 7.21. The summed E-state index contributed by atoms with van der Waals surface area (Å²) in [4.78, 5) is 13.4. The average Bonchev–Trinajstić information content (AvgIpc) is 2.57. The zero-order chi connectivity index (χ0) is 13.0. The molecule has 1 saturated heterocycles. The zero-order valence-corrected chi connectivity index (χ0v) is 12.6. The molecule has 0 aliphatic carbocycles. The van der Waals surface area contributed by atoms with Crippen molar-refractivity contribution in [1.29, 1.82) is 0 Å². The number of aromatic nitrogens is 2. The van der Waals surface area contributed by atoms with Gasteiger partial charge >= 0.3 is 0 Å². The third kappa shape index (κ3) is 3.11. The predicted octanol–water partition coefficient (Wildman–Crippen LogP) is 1.81. The van der Waals surface area contributed by atoms with Gasteiger partial charge in [0.05, 0.1) is 0 Å². The standard InChI is InChI=1S/C12H20BrN5/c1-3-14-11-10(13)12(16-9-15-11)18-6-4-5-17(2)7-8-18/h9H,3-8H2,1-2H3,(H,14,15,16). The summed E-state index contributed by atoms with van der Waals surface area (Å²) in [6, 6.07) is 0. The fraction of sp³-hybridized carbons (Fsp3) is 0.667. The van der Waals surface area contributed by atoms with Gasteiger partial charge in [0.2, 0.25) is 0 Å². The minimum atomic E-state index is 0.859. The van der Waals surface area contributed by atoms with Crippen molar-refractivity contribution in [2.75, 3.05) is 50.0 Å². The van der Waals surface area contributed by atoms with Crippen molar-refractivity contribution in [2.45, 2.75) is 13.3 Å². The normalized spacial score (nSPS) is 17.6. The van der Waals surface area contributed by atoms with E-state index >= 15 is 0 Å². The van der Waals surface area contributed by atoms with Crippen LogP contribution in [0.2, 0.25) is 0 Å². The number of halogens is 1. The van der Waals surface area contributed by atoms with E-state index in [9.17, 15) is 0 Å². The second kappa shape index (κ2) is 6.33. The Morgan fingerprint density at radius 3 is 2.89 bits per heavy atom. The fourth-order valence-corrected chi connectivity index (χ4v) is 2.73. The molecule has 0 amide bonds. The van der Waals surface area contributed by atoms with E-state index in [-0.39, 0.29) is 0 Å². The molecule has 100 valence electrons. The van der Waals surface area contributed by atoms with Crippen molar-refractivity contribution in [1.82, 2.24) is 14.9 Å². The Kier molecular flexibility index (Phi) is 4.77. The van der Waals surface area contributed by atoms with Gasteiger partial charge in [0.25, 0.3) is 0 Å². The number of nitrogens with zero attached hydrogens (tertiary/aromatic N) is 4. The molecule has 5 nitrogen and oxygen atoms in total. The van der Waals surface area contributed by atoms with E-state index in [2.05, 4.69) is 55.0 Å². The first kappa shape index (κ1) is 13.5. The maximum Gasteiger partial charge on any atom is 0.148 e. The Hall–Kier alpha value is -0.880. The van der Waals surface area contributed by atoms with Crippen molar-refractivity contribution in [2.24, 2.45) is 0 Å². The van der Waals surface area contributed by atoms with Gasteiger partial charge in [-0.2, -0.15) is 0 Å². The Labute approximate surface area is 117 Å². The smallest absolute Gasteiger partial charge is 0.148 e. The van der Waals surface area contributed by atoms with Crippen LogP contribution in [-0.2, 0) is 0 Å². The Bertz CT molecular complexity index is 398. The van der Waals surface area contributed by atoms with Crippen molar-refractivity contribution in [3.63, 3.8) is 0 Å². The molecule has 1 aliphatic heterocycles. The lowest BCUT2D eigenvalue weighted by Gasteiger charge is -2.23. The molecule has 0 spiro atoms. The lowest BCUT2D eigenvalue weighted by molar-refractivity contribution is 0.360. The molecule has 0 aromatic carbocycles. The summed E-state index contributed by atoms with van der Waals surface area (Å²) in [5, 5.41) is 3.24. The van der Waals surface area contributed by atoms with E-state index in [4.69, 9.17) is 0 Å². The predicted molar refractivity (Wildman–Crippen MR) is 78.2 cm³/mol. The quantitative estimate of drug-likeness (QED) is 0.922. The Morgan fingerprint density at radius 2 is 2.11 bits per heavy atom. The van der Waals surface area contributed by atoms with Crippen LogP contribution in [0.15, 0.2) is 10.8 Å². The van der Waals surface area contributed by atoms with Gasteiger partial charge in [-0.05, 0) is 42.9 Å². The summed E-state index contributed by atoms with van der Waals surface area (Å²) in [7, 11) is 2.17. The second-order valence-corrected chi connectivity index (χ2v) is 5.33. The van der Waals surface area contributed by atoms with Gasteiger partial charge in [-0.15, -0.1) is 0 Å². The number of rotatable bonds is 3. The van der Waals surface area contributed by atoms with E-state index < -0.39 is 0 Å². The monoisotopic (exact) mass is 313 g/mol. The second-order valence-electron chi connectivity index (χ2n) is 4.53. The SMILES string of the molecule is CCNc1ncnc(N2CCCN(C)CC2)c1Br. The molecule has 0 saturated carbocycles. The third-order valence-corrected chi connectivity index (χ3v) is 3.86. The first-order valence-corrected chi connectivity index (χ1v) is 7.19. The van der Waals surface area contributed by atoms with Crippen LogP contribution in [-0.4, -0.2) is 54.6 Å². The lowest BCUT2D eigenvalue weighted by atomic mass is 10.3. The highest BCUT2D eigenvalue weighted by Gasteiger charge is 2.18. The number of likely N-dealkylation sites (N-methyl/N-ethyl adjacent to an activating group) is 1. The van der Waals surface area contributed by atoms with Crippen LogP contribution in [0.4, 0.5) is 11.6 Å². The number of hydrogen-bond donors (Lipinski definition) is 1. The van der Waals surface area contributed by atoms with Gasteiger partial charge in [0.15, 0.2) is 0 Å². The summed E-state index contributed by atoms with van der Waals surface area (Å²) >= 11 is 3.62. The number of nitrogens with one attached hydrogen (secondary N) is 1. The van der Waals surface area contributed by atoms with Crippen LogP contribution < -0.4 is 10.2 Å². The van der Waals surface area contributed by atoms with E-state index in [1.54, 1.807) is 6.33 Å². The average molecular weight is 314 g/mol. The van der Waals surface area contributed by atoms with Gasteiger partial charge in [-0.25, -0.2) is 9.97 Å². The molecule has 1 aromatic heterocycles. The first-order chi connectivity index (χ1) is 8.72. The van der Waals surface area contributed by atoms with Crippen LogP contribution in [0.1, 0.15) is 13.3 Å². The largest absolute Gasteiger partial charge is 0.369 e. The van der Waals surface area contributed by atoms with E-state index in [0.29, 0.717) is 0 Å². The highest BCUT2D eigenvalue weighted by atomic mass is 79.9. The number of anilines is 2. The van der Waals surface area contributed by atoms with Crippen molar-refractivity contribution in [3.05, 3.63) is 10.8 Å². The van der Waals surface area contributed by atoms with Crippen LogP contribution in [0.5, 0.6) is 0 Å². The highest BCUT2D eigenvalue weighted by Crippen LogP contribution is 2.29. The minimum Gasteiger partial charge on any atom is -0.369 e. The molecular formula is C12H20BrN5.